The Morgan fingerprint density at radius 2 is 2.37 bits per heavy atom. The lowest BCUT2D eigenvalue weighted by Crippen LogP contribution is -2.27. The van der Waals surface area contributed by atoms with Gasteiger partial charge < -0.3 is 5.32 Å². The Kier molecular flexibility index (Phi) is 4.93. The number of alkyl halides is 1. The highest BCUT2D eigenvalue weighted by molar-refractivity contribution is 7.09. The molecule has 0 aliphatic rings. The lowest BCUT2D eigenvalue weighted by atomic mass is 10.3. The summed E-state index contributed by atoms with van der Waals surface area (Å²) in [6.07, 6.45) is 2.93. The summed E-state index contributed by atoms with van der Waals surface area (Å²) in [6, 6.07) is 1.94. The van der Waals surface area contributed by atoms with Crippen LogP contribution in [0.15, 0.2) is 17.6 Å². The minimum atomic E-state index is -0.0218. The number of thiazole rings is 1. The van der Waals surface area contributed by atoms with Crippen LogP contribution in [-0.4, -0.2) is 27.2 Å². The molecule has 5 nitrogen and oxygen atoms in total. The van der Waals surface area contributed by atoms with Gasteiger partial charge in [-0.25, -0.2) is 4.98 Å². The molecule has 2 aromatic heterocycles. The van der Waals surface area contributed by atoms with Crippen LogP contribution in [0.4, 0.5) is 0 Å². The van der Waals surface area contributed by atoms with Gasteiger partial charge in [-0.1, -0.05) is 0 Å². The molecule has 0 bridgehead atoms. The van der Waals surface area contributed by atoms with Gasteiger partial charge in [-0.05, 0) is 6.07 Å². The first kappa shape index (κ1) is 14.0. The van der Waals surface area contributed by atoms with Crippen LogP contribution in [0.5, 0.6) is 0 Å². The molecular formula is C12H15ClN4OS. The molecule has 19 heavy (non-hydrogen) atoms. The van der Waals surface area contributed by atoms with E-state index in [4.69, 9.17) is 11.6 Å². The summed E-state index contributed by atoms with van der Waals surface area (Å²) < 4.78 is 1.75. The third-order valence-corrected chi connectivity index (χ3v) is 3.69. The van der Waals surface area contributed by atoms with Gasteiger partial charge >= 0.3 is 0 Å². The molecular weight excluding hydrogens is 284 g/mol. The zero-order chi connectivity index (χ0) is 13.7. The lowest BCUT2D eigenvalue weighted by Gasteiger charge is -2.02. The van der Waals surface area contributed by atoms with Crippen molar-refractivity contribution in [3.05, 3.63) is 34.0 Å². The van der Waals surface area contributed by atoms with E-state index >= 15 is 0 Å². The number of hydrogen-bond acceptors (Lipinski definition) is 4. The van der Waals surface area contributed by atoms with Crippen LogP contribution in [0.3, 0.4) is 0 Å². The molecule has 0 fully saturated rings. The fourth-order valence-corrected chi connectivity index (χ4v) is 2.64. The topological polar surface area (TPSA) is 59.8 Å². The van der Waals surface area contributed by atoms with Crippen molar-refractivity contribution in [2.45, 2.75) is 18.7 Å². The number of aryl methyl sites for hydroxylation is 1. The molecule has 0 saturated heterocycles. The van der Waals surface area contributed by atoms with E-state index in [1.54, 1.807) is 4.68 Å². The van der Waals surface area contributed by atoms with Gasteiger partial charge in [0.25, 0.3) is 0 Å². The zero-order valence-corrected chi connectivity index (χ0v) is 12.2. The summed E-state index contributed by atoms with van der Waals surface area (Å²) in [7, 11) is 1.87. The Morgan fingerprint density at radius 1 is 1.53 bits per heavy atom. The minimum Gasteiger partial charge on any atom is -0.355 e. The van der Waals surface area contributed by atoms with Crippen molar-refractivity contribution in [3.8, 4) is 0 Å². The van der Waals surface area contributed by atoms with Crippen LogP contribution >= 0.6 is 22.9 Å². The summed E-state index contributed by atoms with van der Waals surface area (Å²) in [6.45, 7) is 0.587. The molecule has 0 aliphatic carbocycles. The van der Waals surface area contributed by atoms with Gasteiger partial charge in [0.15, 0.2) is 0 Å². The SMILES string of the molecule is Cn1ccc(CCNC(=O)Cc2nc(CCl)cs2)n1. The second-order valence-corrected chi connectivity index (χ2v) is 5.33. The van der Waals surface area contributed by atoms with Crippen molar-refractivity contribution >= 4 is 28.8 Å². The molecule has 0 saturated carbocycles. The third kappa shape index (κ3) is 4.33. The maximum atomic E-state index is 11.7. The van der Waals surface area contributed by atoms with Gasteiger partial charge in [0, 0.05) is 31.6 Å². The number of carbonyl (C=O) groups is 1. The average Bonchev–Trinajstić information content (AvgIpc) is 2.98. The third-order valence-electron chi connectivity index (χ3n) is 2.52. The van der Waals surface area contributed by atoms with E-state index in [2.05, 4.69) is 15.4 Å². The zero-order valence-electron chi connectivity index (χ0n) is 10.6. The van der Waals surface area contributed by atoms with Crippen LogP contribution in [0.2, 0.25) is 0 Å². The maximum Gasteiger partial charge on any atom is 0.226 e. The normalized spacial score (nSPS) is 10.6. The highest BCUT2D eigenvalue weighted by Crippen LogP contribution is 2.11. The van der Waals surface area contributed by atoms with Crippen LogP contribution < -0.4 is 5.32 Å². The Balaban J connectivity index is 1.72. The summed E-state index contributed by atoms with van der Waals surface area (Å²) in [5.74, 6) is 0.365. The molecule has 2 rings (SSSR count). The van der Waals surface area contributed by atoms with Crippen molar-refractivity contribution in [2.24, 2.45) is 7.05 Å². The Morgan fingerprint density at radius 3 is 3.00 bits per heavy atom. The molecule has 2 heterocycles. The number of carbonyl (C=O) groups excluding carboxylic acids is 1. The summed E-state index contributed by atoms with van der Waals surface area (Å²) in [5, 5.41) is 9.78. The van der Waals surface area contributed by atoms with Gasteiger partial charge in [-0.3, -0.25) is 9.48 Å². The molecule has 1 N–H and O–H groups in total. The second-order valence-electron chi connectivity index (χ2n) is 4.12. The Hall–Kier alpha value is -1.40. The smallest absolute Gasteiger partial charge is 0.226 e. The fourth-order valence-electron chi connectivity index (χ4n) is 1.62. The van der Waals surface area contributed by atoms with E-state index in [1.165, 1.54) is 11.3 Å². The largest absolute Gasteiger partial charge is 0.355 e. The monoisotopic (exact) mass is 298 g/mol. The minimum absolute atomic E-state index is 0.0218. The summed E-state index contributed by atoms with van der Waals surface area (Å²) >= 11 is 7.13. The summed E-state index contributed by atoms with van der Waals surface area (Å²) in [4.78, 5) is 16.0. The van der Waals surface area contributed by atoms with Gasteiger partial charge in [-0.2, -0.15) is 5.10 Å². The van der Waals surface area contributed by atoms with Gasteiger partial charge in [0.1, 0.15) is 5.01 Å². The van der Waals surface area contributed by atoms with E-state index < -0.39 is 0 Å². The maximum absolute atomic E-state index is 11.7. The van der Waals surface area contributed by atoms with E-state index in [9.17, 15) is 4.79 Å². The molecule has 0 aromatic carbocycles. The second kappa shape index (κ2) is 6.68. The summed E-state index contributed by atoms with van der Waals surface area (Å²) in [5.41, 5.74) is 1.80. The fraction of sp³-hybridized carbons (Fsp3) is 0.417. The predicted octanol–water partition coefficient (Wildman–Crippen LogP) is 1.52. The van der Waals surface area contributed by atoms with Crippen LogP contribution in [-0.2, 0) is 30.6 Å². The number of aromatic nitrogens is 3. The quantitative estimate of drug-likeness (QED) is 0.823. The first-order valence-corrected chi connectivity index (χ1v) is 7.33. The van der Waals surface area contributed by atoms with E-state index in [0.29, 0.717) is 18.8 Å². The van der Waals surface area contributed by atoms with E-state index in [1.807, 2.05) is 24.7 Å². The number of rotatable bonds is 6. The lowest BCUT2D eigenvalue weighted by molar-refractivity contribution is -0.120. The number of halogens is 1. The van der Waals surface area contributed by atoms with Crippen molar-refractivity contribution in [3.63, 3.8) is 0 Å². The molecule has 0 aliphatic heterocycles. The molecule has 0 radical (unpaired) electrons. The van der Waals surface area contributed by atoms with Crippen molar-refractivity contribution in [1.29, 1.82) is 0 Å². The molecule has 0 atom stereocenters. The van der Waals surface area contributed by atoms with E-state index in [0.717, 1.165) is 22.8 Å². The van der Waals surface area contributed by atoms with Crippen molar-refractivity contribution < 1.29 is 4.79 Å². The first-order chi connectivity index (χ1) is 9.17. The Bertz CT molecular complexity index is 551. The average molecular weight is 299 g/mol. The highest BCUT2D eigenvalue weighted by atomic mass is 35.5. The number of amides is 1. The number of nitrogens with zero attached hydrogens (tertiary/aromatic N) is 3. The van der Waals surface area contributed by atoms with E-state index in [-0.39, 0.29) is 5.91 Å². The number of nitrogens with one attached hydrogen (secondary N) is 1. The molecule has 0 unspecified atom stereocenters. The molecule has 102 valence electrons. The highest BCUT2D eigenvalue weighted by Gasteiger charge is 2.07. The molecule has 0 spiro atoms. The van der Waals surface area contributed by atoms with Crippen molar-refractivity contribution in [1.82, 2.24) is 20.1 Å². The van der Waals surface area contributed by atoms with Crippen LogP contribution in [0, 0.1) is 0 Å². The molecule has 2 aromatic rings. The van der Waals surface area contributed by atoms with Crippen LogP contribution in [0.1, 0.15) is 16.4 Å². The Labute approximate surface area is 120 Å². The number of hydrogen-bond donors (Lipinski definition) is 1. The van der Waals surface area contributed by atoms with Gasteiger partial charge in [0.05, 0.1) is 23.7 Å². The molecule has 7 heteroatoms. The predicted molar refractivity (Wildman–Crippen MR) is 75.3 cm³/mol. The van der Waals surface area contributed by atoms with Crippen LogP contribution in [0.25, 0.3) is 0 Å². The standard InChI is InChI=1S/C12H15ClN4OS/c1-17-5-3-9(16-17)2-4-14-11(18)6-12-15-10(7-13)8-19-12/h3,5,8H,2,4,6-7H2,1H3,(H,14,18). The van der Waals surface area contributed by atoms with Gasteiger partial charge in [0.2, 0.25) is 5.91 Å². The molecule has 1 amide bonds. The van der Waals surface area contributed by atoms with Crippen molar-refractivity contribution in [2.75, 3.05) is 6.54 Å². The van der Waals surface area contributed by atoms with Gasteiger partial charge in [-0.15, -0.1) is 22.9 Å². The first-order valence-electron chi connectivity index (χ1n) is 5.92.